The summed E-state index contributed by atoms with van der Waals surface area (Å²) in [5.41, 5.74) is 0.158. The fraction of sp³-hybridized carbons (Fsp3) is 0.182. The van der Waals surface area contributed by atoms with Crippen molar-refractivity contribution >= 4 is 33.9 Å². The molecule has 158 valence electrons. The highest BCUT2D eigenvalue weighted by atomic mass is 32.1. The Labute approximate surface area is 181 Å². The van der Waals surface area contributed by atoms with Crippen molar-refractivity contribution in [3.05, 3.63) is 76.1 Å². The number of Topliss-reactive ketones (excluding diaryl/α,β-unsaturated/α-hetero) is 1. The molecule has 1 aliphatic heterocycles. The minimum atomic E-state index is -1.18. The summed E-state index contributed by atoms with van der Waals surface area (Å²) in [4.78, 5) is 27.0. The van der Waals surface area contributed by atoms with Gasteiger partial charge in [0.05, 0.1) is 12.2 Å². The van der Waals surface area contributed by atoms with Crippen LogP contribution in [0.15, 0.2) is 54.1 Å². The van der Waals surface area contributed by atoms with Crippen LogP contribution in [0.25, 0.3) is 5.76 Å². The number of benzene rings is 2. The number of anilines is 1. The molecule has 1 unspecified atom stereocenters. The molecule has 1 saturated heterocycles. The Hall–Kier alpha value is -3.59. The number of halogens is 1. The highest BCUT2D eigenvalue weighted by Gasteiger charge is 2.49. The quantitative estimate of drug-likeness (QED) is 0.367. The number of carbonyl (C=O) groups excluding carboxylic acids is 2. The molecule has 1 aliphatic rings. The summed E-state index contributed by atoms with van der Waals surface area (Å²) in [6.07, 6.45) is 0. The number of ether oxygens (including phenoxy) is 1. The number of nitrogens with zero attached hydrogens (tertiary/aromatic N) is 3. The van der Waals surface area contributed by atoms with E-state index in [0.29, 0.717) is 22.9 Å². The standard InChI is InChI=1S/C22H18FN3O4S/c1-3-30-14-10-8-13(9-11-14)19(27)17-18(15-6-4-5-7-16(15)23)26(21(29)20(17)28)22-25-24-12(2)31-22/h4-11,18,27H,3H2,1-2H3/b19-17-. The first kappa shape index (κ1) is 20.7. The molecule has 4 rings (SSSR count). The van der Waals surface area contributed by atoms with Crippen molar-refractivity contribution in [3.63, 3.8) is 0 Å². The Morgan fingerprint density at radius 1 is 1.16 bits per heavy atom. The minimum absolute atomic E-state index is 0.0713. The molecule has 2 heterocycles. The van der Waals surface area contributed by atoms with Gasteiger partial charge < -0.3 is 9.84 Å². The minimum Gasteiger partial charge on any atom is -0.507 e. The van der Waals surface area contributed by atoms with Gasteiger partial charge in [0.25, 0.3) is 5.78 Å². The summed E-state index contributed by atoms with van der Waals surface area (Å²) in [5.74, 6) is -2.25. The maximum atomic E-state index is 14.8. The molecule has 1 atom stereocenters. The van der Waals surface area contributed by atoms with E-state index in [2.05, 4.69) is 10.2 Å². The first-order valence-electron chi connectivity index (χ1n) is 9.51. The van der Waals surface area contributed by atoms with Crippen LogP contribution in [0.2, 0.25) is 0 Å². The molecule has 7 nitrogen and oxygen atoms in total. The Morgan fingerprint density at radius 2 is 1.87 bits per heavy atom. The van der Waals surface area contributed by atoms with Crippen molar-refractivity contribution in [1.29, 1.82) is 0 Å². The van der Waals surface area contributed by atoms with E-state index in [4.69, 9.17) is 4.74 Å². The van der Waals surface area contributed by atoms with E-state index in [1.807, 2.05) is 6.92 Å². The molecule has 31 heavy (non-hydrogen) atoms. The molecule has 1 fully saturated rings. The smallest absolute Gasteiger partial charge is 0.301 e. The second kappa shape index (κ2) is 8.27. The predicted molar refractivity (Wildman–Crippen MR) is 113 cm³/mol. The number of aliphatic hydroxyl groups excluding tert-OH is 1. The Morgan fingerprint density at radius 3 is 2.48 bits per heavy atom. The molecular formula is C22H18FN3O4S. The number of amides is 1. The lowest BCUT2D eigenvalue weighted by atomic mass is 9.95. The topological polar surface area (TPSA) is 92.6 Å². The van der Waals surface area contributed by atoms with Crippen molar-refractivity contribution in [1.82, 2.24) is 10.2 Å². The van der Waals surface area contributed by atoms with Crippen molar-refractivity contribution in [2.24, 2.45) is 0 Å². The summed E-state index contributed by atoms with van der Waals surface area (Å²) in [6.45, 7) is 4.03. The molecule has 0 aliphatic carbocycles. The van der Waals surface area contributed by atoms with E-state index in [-0.39, 0.29) is 16.3 Å². The molecule has 3 aromatic rings. The zero-order chi connectivity index (χ0) is 22.1. The summed E-state index contributed by atoms with van der Waals surface area (Å²) in [6, 6.07) is 11.0. The van der Waals surface area contributed by atoms with Crippen LogP contribution in [0.3, 0.4) is 0 Å². The van der Waals surface area contributed by atoms with Crippen molar-refractivity contribution in [2.45, 2.75) is 19.9 Å². The first-order valence-corrected chi connectivity index (χ1v) is 10.3. The maximum absolute atomic E-state index is 14.8. The van der Waals surface area contributed by atoms with Crippen LogP contribution >= 0.6 is 11.3 Å². The predicted octanol–water partition coefficient (Wildman–Crippen LogP) is 4.01. The number of ketones is 1. The number of hydrogen-bond acceptors (Lipinski definition) is 7. The van der Waals surface area contributed by atoms with Gasteiger partial charge >= 0.3 is 5.91 Å². The van der Waals surface area contributed by atoms with E-state index in [0.717, 1.165) is 16.2 Å². The summed E-state index contributed by atoms with van der Waals surface area (Å²) < 4.78 is 20.2. The third-order valence-corrected chi connectivity index (χ3v) is 5.64. The van der Waals surface area contributed by atoms with Crippen LogP contribution in [0.5, 0.6) is 5.75 Å². The van der Waals surface area contributed by atoms with Gasteiger partial charge in [-0.25, -0.2) is 4.39 Å². The number of aliphatic hydroxyl groups is 1. The normalized spacial score (nSPS) is 17.9. The van der Waals surface area contributed by atoms with E-state index < -0.39 is 29.3 Å². The van der Waals surface area contributed by atoms with Gasteiger partial charge in [0, 0.05) is 11.1 Å². The lowest BCUT2D eigenvalue weighted by Crippen LogP contribution is -2.29. The summed E-state index contributed by atoms with van der Waals surface area (Å²) >= 11 is 1.10. The Balaban J connectivity index is 1.90. The first-order chi connectivity index (χ1) is 14.9. The highest BCUT2D eigenvalue weighted by molar-refractivity contribution is 7.15. The van der Waals surface area contributed by atoms with Gasteiger partial charge in [0.1, 0.15) is 28.4 Å². The van der Waals surface area contributed by atoms with Gasteiger partial charge in [-0.3, -0.25) is 14.5 Å². The Kier molecular flexibility index (Phi) is 5.51. The molecule has 0 spiro atoms. The van der Waals surface area contributed by atoms with Crippen LogP contribution in [-0.2, 0) is 9.59 Å². The van der Waals surface area contributed by atoms with E-state index >= 15 is 0 Å². The van der Waals surface area contributed by atoms with Gasteiger partial charge in [0.2, 0.25) is 5.13 Å². The molecule has 1 aromatic heterocycles. The molecular weight excluding hydrogens is 421 g/mol. The average molecular weight is 439 g/mol. The van der Waals surface area contributed by atoms with Crippen LogP contribution in [0.4, 0.5) is 9.52 Å². The zero-order valence-corrected chi connectivity index (χ0v) is 17.5. The highest BCUT2D eigenvalue weighted by Crippen LogP contribution is 2.43. The molecule has 0 radical (unpaired) electrons. The fourth-order valence-corrected chi connectivity index (χ4v) is 4.15. The lowest BCUT2D eigenvalue weighted by molar-refractivity contribution is -0.132. The van der Waals surface area contributed by atoms with Crippen molar-refractivity contribution < 1.29 is 23.8 Å². The number of hydrogen-bond donors (Lipinski definition) is 1. The van der Waals surface area contributed by atoms with Crippen molar-refractivity contribution in [2.75, 3.05) is 11.5 Å². The van der Waals surface area contributed by atoms with Crippen LogP contribution in [-0.4, -0.2) is 33.6 Å². The lowest BCUT2D eigenvalue weighted by Gasteiger charge is -2.22. The second-order valence-corrected chi connectivity index (χ2v) is 7.91. The van der Waals surface area contributed by atoms with Gasteiger partial charge in [-0.05, 0) is 44.2 Å². The molecule has 9 heteroatoms. The van der Waals surface area contributed by atoms with E-state index in [9.17, 15) is 19.1 Å². The van der Waals surface area contributed by atoms with Crippen LogP contribution in [0, 0.1) is 12.7 Å². The van der Waals surface area contributed by atoms with Gasteiger partial charge in [-0.2, -0.15) is 0 Å². The molecule has 2 aromatic carbocycles. The number of carbonyl (C=O) groups is 2. The average Bonchev–Trinajstić information content (AvgIpc) is 3.29. The Bertz CT molecular complexity index is 1190. The summed E-state index contributed by atoms with van der Waals surface area (Å²) in [7, 11) is 0. The number of aromatic nitrogens is 2. The van der Waals surface area contributed by atoms with Crippen LogP contribution < -0.4 is 9.64 Å². The molecule has 1 amide bonds. The van der Waals surface area contributed by atoms with Gasteiger partial charge in [-0.15, -0.1) is 10.2 Å². The monoisotopic (exact) mass is 439 g/mol. The molecule has 0 bridgehead atoms. The van der Waals surface area contributed by atoms with E-state index in [1.165, 1.54) is 18.2 Å². The van der Waals surface area contributed by atoms with Gasteiger partial charge in [-0.1, -0.05) is 29.5 Å². The molecule has 1 N–H and O–H groups in total. The second-order valence-electron chi connectivity index (χ2n) is 6.75. The zero-order valence-electron chi connectivity index (χ0n) is 16.7. The van der Waals surface area contributed by atoms with E-state index in [1.54, 1.807) is 37.3 Å². The largest absolute Gasteiger partial charge is 0.507 e. The van der Waals surface area contributed by atoms with Crippen molar-refractivity contribution in [3.8, 4) is 5.75 Å². The number of rotatable bonds is 5. The van der Waals surface area contributed by atoms with Gasteiger partial charge in [0.15, 0.2) is 0 Å². The number of aryl methyl sites for hydroxylation is 1. The SMILES string of the molecule is CCOc1ccc(/C(O)=C2/C(=O)C(=O)N(c3nnc(C)s3)C2c2ccccc2F)cc1. The van der Waals surface area contributed by atoms with Crippen LogP contribution in [0.1, 0.15) is 29.1 Å². The third kappa shape index (κ3) is 3.68. The fourth-order valence-electron chi connectivity index (χ4n) is 3.44. The maximum Gasteiger partial charge on any atom is 0.301 e. The third-order valence-electron chi connectivity index (χ3n) is 4.80. The molecule has 0 saturated carbocycles. The summed E-state index contributed by atoms with van der Waals surface area (Å²) in [5, 5.41) is 19.6.